The number of nitrogens with zero attached hydrogens (tertiary/aromatic N) is 3. The van der Waals surface area contributed by atoms with Crippen LogP contribution in [0.25, 0.3) is 0 Å². The monoisotopic (exact) mass is 287 g/mol. The smallest absolute Gasteiger partial charge is 0.226 e. The van der Waals surface area contributed by atoms with E-state index in [0.29, 0.717) is 17.7 Å². The van der Waals surface area contributed by atoms with Gasteiger partial charge in [0.25, 0.3) is 0 Å². The molecule has 0 bridgehead atoms. The average Bonchev–Trinajstić information content (AvgIpc) is 3.12. The van der Waals surface area contributed by atoms with Gasteiger partial charge in [0.2, 0.25) is 5.95 Å². The summed E-state index contributed by atoms with van der Waals surface area (Å²) in [6.45, 7) is 2.73. The first-order chi connectivity index (χ1) is 9.63. The number of thiophene rings is 1. The van der Waals surface area contributed by atoms with Crippen molar-refractivity contribution >= 4 is 23.1 Å². The van der Waals surface area contributed by atoms with Gasteiger partial charge in [0.1, 0.15) is 11.5 Å². The lowest BCUT2D eigenvalue weighted by atomic mass is 10.3. The molecule has 0 atom stereocenters. The van der Waals surface area contributed by atoms with Crippen LogP contribution in [-0.2, 0) is 6.54 Å². The molecular weight excluding hydrogens is 270 g/mol. The van der Waals surface area contributed by atoms with Gasteiger partial charge in [-0.05, 0) is 37.3 Å². The molecule has 104 valence electrons. The lowest BCUT2D eigenvalue weighted by molar-refractivity contribution is 0.761. The number of amidine groups is 1. The average molecular weight is 287 g/mol. The zero-order chi connectivity index (χ0) is 14.1. The van der Waals surface area contributed by atoms with E-state index in [0.717, 1.165) is 12.2 Å². The van der Waals surface area contributed by atoms with Gasteiger partial charge in [0.05, 0.1) is 6.54 Å². The number of aromatic nitrogens is 2. The Morgan fingerprint density at radius 3 is 2.90 bits per heavy atom. The van der Waals surface area contributed by atoms with E-state index >= 15 is 0 Å². The third kappa shape index (κ3) is 2.80. The highest BCUT2D eigenvalue weighted by atomic mass is 32.1. The zero-order valence-electron chi connectivity index (χ0n) is 11.3. The molecule has 1 aliphatic carbocycles. The number of anilines is 1. The number of hydrogen-bond acceptors (Lipinski definition) is 5. The third-order valence-electron chi connectivity index (χ3n) is 3.27. The van der Waals surface area contributed by atoms with Crippen LogP contribution in [0.1, 0.15) is 29.1 Å². The minimum absolute atomic E-state index is 0.0105. The van der Waals surface area contributed by atoms with Crippen LogP contribution in [0.4, 0.5) is 5.95 Å². The number of hydrogen-bond donors (Lipinski definition) is 2. The molecule has 1 aliphatic rings. The van der Waals surface area contributed by atoms with E-state index in [9.17, 15) is 0 Å². The first-order valence-corrected chi connectivity index (χ1v) is 7.50. The minimum Gasteiger partial charge on any atom is -0.382 e. The van der Waals surface area contributed by atoms with Gasteiger partial charge in [0.15, 0.2) is 0 Å². The van der Waals surface area contributed by atoms with Crippen LogP contribution in [-0.4, -0.2) is 21.8 Å². The molecule has 2 aromatic heterocycles. The summed E-state index contributed by atoms with van der Waals surface area (Å²) in [6, 6.07) is 6.45. The van der Waals surface area contributed by atoms with E-state index < -0.39 is 0 Å². The summed E-state index contributed by atoms with van der Waals surface area (Å²) in [4.78, 5) is 12.5. The molecule has 0 aromatic carbocycles. The molecule has 3 rings (SSSR count). The van der Waals surface area contributed by atoms with Crippen molar-refractivity contribution in [3.63, 3.8) is 0 Å². The molecule has 0 saturated heterocycles. The maximum atomic E-state index is 7.56. The van der Waals surface area contributed by atoms with Gasteiger partial charge in [-0.3, -0.25) is 5.41 Å². The van der Waals surface area contributed by atoms with Crippen LogP contribution in [0.2, 0.25) is 0 Å². The predicted octanol–water partition coefficient (Wildman–Crippen LogP) is 2.30. The summed E-state index contributed by atoms with van der Waals surface area (Å²) >= 11 is 1.74. The van der Waals surface area contributed by atoms with E-state index in [2.05, 4.69) is 32.4 Å². The number of nitrogen functional groups attached to an aromatic ring is 1. The lowest BCUT2D eigenvalue weighted by Gasteiger charge is -2.22. The Morgan fingerprint density at radius 2 is 2.30 bits per heavy atom. The zero-order valence-corrected chi connectivity index (χ0v) is 12.2. The second-order valence-electron chi connectivity index (χ2n) is 5.05. The molecule has 0 unspecified atom stereocenters. The van der Waals surface area contributed by atoms with Crippen molar-refractivity contribution in [1.82, 2.24) is 9.97 Å². The van der Waals surface area contributed by atoms with E-state index in [1.807, 2.05) is 6.92 Å². The Labute approximate surface area is 122 Å². The van der Waals surface area contributed by atoms with Crippen molar-refractivity contribution in [2.45, 2.75) is 32.4 Å². The van der Waals surface area contributed by atoms with Crippen molar-refractivity contribution in [1.29, 1.82) is 5.41 Å². The summed E-state index contributed by atoms with van der Waals surface area (Å²) in [5, 5.41) is 9.64. The Morgan fingerprint density at radius 1 is 1.50 bits per heavy atom. The summed E-state index contributed by atoms with van der Waals surface area (Å²) in [5.41, 5.74) is 6.90. The molecule has 0 amide bonds. The summed E-state index contributed by atoms with van der Waals surface area (Å²) in [7, 11) is 0. The fourth-order valence-corrected chi connectivity index (χ4v) is 2.84. The van der Waals surface area contributed by atoms with E-state index in [-0.39, 0.29) is 5.84 Å². The van der Waals surface area contributed by atoms with Crippen molar-refractivity contribution in [3.05, 3.63) is 39.8 Å². The van der Waals surface area contributed by atoms with Crippen LogP contribution in [0, 0.1) is 12.3 Å². The van der Waals surface area contributed by atoms with Gasteiger partial charge in [-0.2, -0.15) is 0 Å². The fourth-order valence-electron chi connectivity index (χ4n) is 2.14. The van der Waals surface area contributed by atoms with Crippen LogP contribution < -0.4 is 10.6 Å². The standard InChI is InChI=1S/C14H17N5S/c1-9-7-12(13(15)16)18-14(17-9)19(10-4-5-10)8-11-3-2-6-20-11/h2-3,6-7,10H,4-5,8H2,1H3,(H3,15,16). The lowest BCUT2D eigenvalue weighted by Crippen LogP contribution is -2.28. The largest absolute Gasteiger partial charge is 0.382 e. The second-order valence-corrected chi connectivity index (χ2v) is 6.08. The van der Waals surface area contributed by atoms with Crippen LogP contribution in [0.3, 0.4) is 0 Å². The molecule has 0 aliphatic heterocycles. The molecule has 0 spiro atoms. The number of aryl methyl sites for hydroxylation is 1. The molecular formula is C14H17N5S. The molecule has 1 saturated carbocycles. The van der Waals surface area contributed by atoms with Gasteiger partial charge in [-0.1, -0.05) is 6.07 Å². The highest BCUT2D eigenvalue weighted by Gasteiger charge is 2.31. The van der Waals surface area contributed by atoms with Crippen molar-refractivity contribution < 1.29 is 0 Å². The molecule has 2 aromatic rings. The van der Waals surface area contributed by atoms with E-state index in [1.54, 1.807) is 17.4 Å². The molecule has 5 nitrogen and oxygen atoms in total. The molecule has 2 heterocycles. The Hall–Kier alpha value is -1.95. The molecule has 0 radical (unpaired) electrons. The highest BCUT2D eigenvalue weighted by molar-refractivity contribution is 7.09. The molecule has 3 N–H and O–H groups in total. The Kier molecular flexibility index (Phi) is 3.40. The van der Waals surface area contributed by atoms with E-state index in [4.69, 9.17) is 11.1 Å². The van der Waals surface area contributed by atoms with Crippen molar-refractivity contribution in [3.8, 4) is 0 Å². The maximum absolute atomic E-state index is 7.56. The number of nitrogens with two attached hydrogens (primary N) is 1. The number of rotatable bonds is 5. The van der Waals surface area contributed by atoms with Gasteiger partial charge >= 0.3 is 0 Å². The minimum atomic E-state index is -0.0105. The summed E-state index contributed by atoms with van der Waals surface area (Å²) in [5.74, 6) is 0.676. The van der Waals surface area contributed by atoms with Crippen LogP contribution in [0.15, 0.2) is 23.6 Å². The van der Waals surface area contributed by atoms with Gasteiger partial charge in [0, 0.05) is 16.6 Å². The summed E-state index contributed by atoms with van der Waals surface area (Å²) < 4.78 is 0. The predicted molar refractivity (Wildman–Crippen MR) is 81.3 cm³/mol. The molecule has 6 heteroatoms. The molecule has 20 heavy (non-hydrogen) atoms. The van der Waals surface area contributed by atoms with Crippen LogP contribution in [0.5, 0.6) is 0 Å². The fraction of sp³-hybridized carbons (Fsp3) is 0.357. The third-order valence-corrected chi connectivity index (χ3v) is 4.13. The van der Waals surface area contributed by atoms with Gasteiger partial charge in [-0.25, -0.2) is 9.97 Å². The first-order valence-electron chi connectivity index (χ1n) is 6.62. The van der Waals surface area contributed by atoms with Gasteiger partial charge in [-0.15, -0.1) is 11.3 Å². The van der Waals surface area contributed by atoms with E-state index in [1.165, 1.54) is 17.7 Å². The quantitative estimate of drug-likeness (QED) is 0.653. The van der Waals surface area contributed by atoms with Gasteiger partial charge < -0.3 is 10.6 Å². The Bertz CT molecular complexity index is 618. The van der Waals surface area contributed by atoms with Crippen molar-refractivity contribution in [2.24, 2.45) is 5.73 Å². The normalized spacial score (nSPS) is 14.2. The highest BCUT2D eigenvalue weighted by Crippen LogP contribution is 2.32. The second kappa shape index (κ2) is 5.20. The van der Waals surface area contributed by atoms with Crippen LogP contribution >= 0.6 is 11.3 Å². The maximum Gasteiger partial charge on any atom is 0.226 e. The molecule has 1 fully saturated rings. The topological polar surface area (TPSA) is 78.9 Å². The number of nitrogens with one attached hydrogen (secondary N) is 1. The Balaban J connectivity index is 1.93. The first kappa shape index (κ1) is 13.1. The summed E-state index contributed by atoms with van der Waals surface area (Å²) in [6.07, 6.45) is 2.36. The SMILES string of the molecule is Cc1cc(C(=N)N)nc(N(Cc2cccs2)C2CC2)n1. The van der Waals surface area contributed by atoms with Crippen molar-refractivity contribution in [2.75, 3.05) is 4.90 Å².